The number of fused-ring (bicyclic) bond motifs is 1. The Labute approximate surface area is 120 Å². The topological polar surface area (TPSA) is 76.7 Å². The van der Waals surface area contributed by atoms with Gasteiger partial charge >= 0.3 is 6.18 Å². The Morgan fingerprint density at radius 3 is 2.43 bits per heavy atom. The lowest BCUT2D eigenvalue weighted by atomic mass is 10.3. The maximum absolute atomic E-state index is 13.1. The lowest BCUT2D eigenvalue weighted by Crippen LogP contribution is -2.11. The molecule has 9 heteroatoms. The third-order valence-corrected chi connectivity index (χ3v) is 3.35. The van der Waals surface area contributed by atoms with Crippen LogP contribution in [0.4, 0.5) is 29.9 Å². The summed E-state index contributed by atoms with van der Waals surface area (Å²) in [4.78, 5) is 11.3. The van der Waals surface area contributed by atoms with Crippen molar-refractivity contribution in [1.29, 1.82) is 0 Å². The molecule has 0 saturated heterocycles. The van der Waals surface area contributed by atoms with E-state index in [-0.39, 0.29) is 21.4 Å². The Morgan fingerprint density at radius 1 is 1.05 bits per heavy atom. The van der Waals surface area contributed by atoms with Gasteiger partial charge in [0.2, 0.25) is 5.95 Å². The zero-order valence-electron chi connectivity index (χ0n) is 10.3. The highest BCUT2D eigenvalue weighted by atomic mass is 32.1. The van der Waals surface area contributed by atoms with E-state index >= 15 is 0 Å². The van der Waals surface area contributed by atoms with E-state index in [4.69, 9.17) is 5.73 Å². The monoisotopic (exact) mass is 311 g/mol. The van der Waals surface area contributed by atoms with Crippen molar-refractivity contribution in [2.75, 3.05) is 11.1 Å². The van der Waals surface area contributed by atoms with Crippen LogP contribution in [-0.4, -0.2) is 15.0 Å². The van der Waals surface area contributed by atoms with Crippen molar-refractivity contribution < 1.29 is 13.2 Å². The van der Waals surface area contributed by atoms with E-state index in [0.717, 1.165) is 11.3 Å². The Morgan fingerprint density at radius 2 is 1.76 bits per heavy atom. The predicted molar refractivity (Wildman–Crippen MR) is 74.3 cm³/mol. The molecule has 3 aromatic rings. The van der Waals surface area contributed by atoms with E-state index < -0.39 is 11.9 Å². The summed E-state index contributed by atoms with van der Waals surface area (Å²) >= 11 is 0.883. The molecule has 0 amide bonds. The first kappa shape index (κ1) is 13.6. The number of nitrogens with zero attached hydrogens (tertiary/aromatic N) is 3. The van der Waals surface area contributed by atoms with Crippen LogP contribution in [0.3, 0.4) is 0 Å². The number of alkyl halides is 3. The van der Waals surface area contributed by atoms with Crippen molar-refractivity contribution in [2.45, 2.75) is 6.18 Å². The summed E-state index contributed by atoms with van der Waals surface area (Å²) in [5.74, 6) is -0.148. The number of para-hydroxylation sites is 1. The average molecular weight is 311 g/mol. The largest absolute Gasteiger partial charge is 0.435 e. The highest BCUT2D eigenvalue weighted by Crippen LogP contribution is 2.35. The van der Waals surface area contributed by atoms with Crippen LogP contribution in [0.1, 0.15) is 5.69 Å². The summed E-state index contributed by atoms with van der Waals surface area (Å²) in [6, 6.07) is 8.68. The van der Waals surface area contributed by atoms with E-state index in [9.17, 15) is 13.2 Å². The molecule has 0 aliphatic heterocycles. The van der Waals surface area contributed by atoms with Gasteiger partial charge in [-0.3, -0.25) is 0 Å². The van der Waals surface area contributed by atoms with Gasteiger partial charge in [0.25, 0.3) is 0 Å². The van der Waals surface area contributed by atoms with Crippen LogP contribution in [0.15, 0.2) is 30.3 Å². The normalized spacial score (nSPS) is 11.8. The standard InChI is InChI=1S/C12H8F3N5S/c13-12(14,15)8-7-9(21-10(16)18-7)20-11(19-8)17-6-4-2-1-3-5-6/h1-5H,(H2,16,18)(H,17,19,20). The first-order chi connectivity index (χ1) is 9.93. The van der Waals surface area contributed by atoms with Gasteiger partial charge in [-0.2, -0.15) is 18.2 Å². The Balaban J connectivity index is 2.12. The highest BCUT2D eigenvalue weighted by Gasteiger charge is 2.37. The lowest BCUT2D eigenvalue weighted by Gasteiger charge is -2.09. The second kappa shape index (κ2) is 4.85. The van der Waals surface area contributed by atoms with Crippen LogP contribution < -0.4 is 11.1 Å². The molecule has 2 heterocycles. The number of nitrogens with one attached hydrogen (secondary N) is 1. The molecule has 0 unspecified atom stereocenters. The fraction of sp³-hybridized carbons (Fsp3) is 0.0833. The van der Waals surface area contributed by atoms with Crippen molar-refractivity contribution in [3.63, 3.8) is 0 Å². The number of hydrogen-bond donors (Lipinski definition) is 2. The van der Waals surface area contributed by atoms with Gasteiger partial charge < -0.3 is 11.1 Å². The van der Waals surface area contributed by atoms with E-state index in [1.165, 1.54) is 0 Å². The minimum atomic E-state index is -4.63. The van der Waals surface area contributed by atoms with Gasteiger partial charge in [0.05, 0.1) is 0 Å². The average Bonchev–Trinajstić information content (AvgIpc) is 2.78. The maximum Gasteiger partial charge on any atom is 0.435 e. The number of halogens is 3. The molecule has 0 atom stereocenters. The van der Waals surface area contributed by atoms with Crippen LogP contribution >= 0.6 is 11.3 Å². The van der Waals surface area contributed by atoms with Gasteiger partial charge in [-0.05, 0) is 12.1 Å². The van der Waals surface area contributed by atoms with E-state index in [1.807, 2.05) is 0 Å². The van der Waals surface area contributed by atoms with Crippen molar-refractivity contribution in [3.05, 3.63) is 36.0 Å². The molecule has 0 fully saturated rings. The smallest absolute Gasteiger partial charge is 0.375 e. The third kappa shape index (κ3) is 2.72. The molecule has 1 aromatic carbocycles. The molecule has 0 spiro atoms. The molecular weight excluding hydrogens is 303 g/mol. The molecule has 3 rings (SSSR count). The van der Waals surface area contributed by atoms with Crippen molar-refractivity contribution in [3.8, 4) is 0 Å². The Hall–Kier alpha value is -2.42. The molecule has 5 nitrogen and oxygen atoms in total. The van der Waals surface area contributed by atoms with Crippen molar-refractivity contribution in [2.24, 2.45) is 0 Å². The summed E-state index contributed by atoms with van der Waals surface area (Å²) in [7, 11) is 0. The molecule has 0 bridgehead atoms. The summed E-state index contributed by atoms with van der Waals surface area (Å²) < 4.78 is 39.2. The molecule has 0 saturated carbocycles. The zero-order chi connectivity index (χ0) is 15.0. The Kier molecular flexibility index (Phi) is 3.13. The SMILES string of the molecule is Nc1nc2c(C(F)(F)F)nc(Nc3ccccc3)nc2s1. The van der Waals surface area contributed by atoms with Crippen LogP contribution in [0.5, 0.6) is 0 Å². The van der Waals surface area contributed by atoms with Crippen LogP contribution in [0.2, 0.25) is 0 Å². The van der Waals surface area contributed by atoms with Gasteiger partial charge in [-0.1, -0.05) is 29.5 Å². The molecule has 0 radical (unpaired) electrons. The van der Waals surface area contributed by atoms with Gasteiger partial charge in [0, 0.05) is 5.69 Å². The first-order valence-corrected chi connectivity index (χ1v) is 6.58. The first-order valence-electron chi connectivity index (χ1n) is 5.77. The van der Waals surface area contributed by atoms with Crippen LogP contribution in [0, 0.1) is 0 Å². The summed E-state index contributed by atoms with van der Waals surface area (Å²) in [6.07, 6.45) is -4.63. The second-order valence-electron chi connectivity index (χ2n) is 4.09. The predicted octanol–water partition coefficient (Wildman–Crippen LogP) is 3.43. The number of hydrogen-bond acceptors (Lipinski definition) is 6. The molecule has 21 heavy (non-hydrogen) atoms. The second-order valence-corrected chi connectivity index (χ2v) is 5.10. The fourth-order valence-corrected chi connectivity index (χ4v) is 2.45. The van der Waals surface area contributed by atoms with Gasteiger partial charge in [0.15, 0.2) is 15.7 Å². The van der Waals surface area contributed by atoms with E-state index in [0.29, 0.717) is 5.69 Å². The summed E-state index contributed by atoms with van der Waals surface area (Å²) in [5.41, 5.74) is 4.61. The van der Waals surface area contributed by atoms with Crippen LogP contribution in [-0.2, 0) is 6.18 Å². The lowest BCUT2D eigenvalue weighted by molar-refractivity contribution is -0.139. The number of nitrogen functional groups attached to an aromatic ring is 1. The molecule has 0 aliphatic rings. The summed E-state index contributed by atoms with van der Waals surface area (Å²) in [5, 5.41) is 2.75. The number of rotatable bonds is 2. The molecule has 3 N–H and O–H groups in total. The van der Waals surface area contributed by atoms with E-state index in [2.05, 4.69) is 20.3 Å². The summed E-state index contributed by atoms with van der Waals surface area (Å²) in [6.45, 7) is 0. The minimum Gasteiger partial charge on any atom is -0.375 e. The van der Waals surface area contributed by atoms with E-state index in [1.54, 1.807) is 30.3 Å². The number of nitrogens with two attached hydrogens (primary N) is 1. The number of aromatic nitrogens is 3. The quantitative estimate of drug-likeness (QED) is 0.758. The zero-order valence-corrected chi connectivity index (χ0v) is 11.2. The highest BCUT2D eigenvalue weighted by molar-refractivity contribution is 7.21. The molecular formula is C12H8F3N5S. The number of anilines is 3. The Bertz CT molecular complexity index is 785. The third-order valence-electron chi connectivity index (χ3n) is 2.57. The maximum atomic E-state index is 13.1. The van der Waals surface area contributed by atoms with Crippen LogP contribution in [0.25, 0.3) is 10.3 Å². The van der Waals surface area contributed by atoms with Crippen molar-refractivity contribution in [1.82, 2.24) is 15.0 Å². The van der Waals surface area contributed by atoms with Gasteiger partial charge in [0.1, 0.15) is 5.52 Å². The molecule has 108 valence electrons. The molecule has 0 aliphatic carbocycles. The van der Waals surface area contributed by atoms with Gasteiger partial charge in [-0.25, -0.2) is 9.97 Å². The van der Waals surface area contributed by atoms with Gasteiger partial charge in [-0.15, -0.1) is 0 Å². The number of benzene rings is 1. The number of thiazole rings is 1. The van der Waals surface area contributed by atoms with Crippen molar-refractivity contribution >= 4 is 38.5 Å². The minimum absolute atomic E-state index is 0.0154. The molecule has 2 aromatic heterocycles. The fourth-order valence-electron chi connectivity index (χ4n) is 1.74.